The first-order valence-electron chi connectivity index (χ1n) is 5.95. The van der Waals surface area contributed by atoms with Crippen LogP contribution in [0.2, 0.25) is 0 Å². The van der Waals surface area contributed by atoms with Crippen molar-refractivity contribution in [3.63, 3.8) is 0 Å². The van der Waals surface area contributed by atoms with E-state index in [9.17, 15) is 5.11 Å². The number of aromatic nitrogens is 1. The molecule has 0 aliphatic heterocycles. The van der Waals surface area contributed by atoms with Gasteiger partial charge in [-0.3, -0.25) is 4.98 Å². The minimum absolute atomic E-state index is 0.295. The van der Waals surface area contributed by atoms with Gasteiger partial charge in [0.1, 0.15) is 0 Å². The molecule has 1 N–H and O–H groups in total. The molecule has 17 heavy (non-hydrogen) atoms. The molecule has 2 unspecified atom stereocenters. The fourth-order valence-electron chi connectivity index (χ4n) is 1.62. The van der Waals surface area contributed by atoms with E-state index < -0.39 is 6.10 Å². The van der Waals surface area contributed by atoms with Crippen LogP contribution in [0.1, 0.15) is 32.1 Å². The van der Waals surface area contributed by atoms with Crippen LogP contribution in [0.4, 0.5) is 5.69 Å². The second-order valence-electron chi connectivity index (χ2n) is 4.28. The first kappa shape index (κ1) is 13.9. The summed E-state index contributed by atoms with van der Waals surface area (Å²) in [5, 5.41) is 9.66. The van der Waals surface area contributed by atoms with Crippen molar-refractivity contribution in [2.75, 3.05) is 25.7 Å². The molecular weight excluding hydrogens is 216 g/mol. The van der Waals surface area contributed by atoms with Crippen LogP contribution in [-0.2, 0) is 4.74 Å². The molecule has 0 saturated heterocycles. The average molecular weight is 238 g/mol. The number of anilines is 1. The van der Waals surface area contributed by atoms with E-state index in [0.29, 0.717) is 19.1 Å². The Kier molecular flexibility index (Phi) is 5.38. The van der Waals surface area contributed by atoms with E-state index in [-0.39, 0.29) is 0 Å². The molecule has 1 aromatic rings. The number of hydrogen-bond donors (Lipinski definition) is 1. The predicted molar refractivity (Wildman–Crippen MR) is 69.2 cm³/mol. The Morgan fingerprint density at radius 1 is 1.47 bits per heavy atom. The van der Waals surface area contributed by atoms with Crippen molar-refractivity contribution in [3.05, 3.63) is 24.0 Å². The number of likely N-dealkylation sites (N-methyl/N-ethyl adjacent to an activating group) is 1. The third kappa shape index (κ3) is 3.68. The quantitative estimate of drug-likeness (QED) is 0.823. The van der Waals surface area contributed by atoms with Crippen molar-refractivity contribution in [1.29, 1.82) is 0 Å². The molecule has 0 aliphatic carbocycles. The van der Waals surface area contributed by atoms with Crippen molar-refractivity contribution in [1.82, 2.24) is 4.98 Å². The smallest absolute Gasteiger partial charge is 0.0957 e. The van der Waals surface area contributed by atoms with Gasteiger partial charge in [-0.2, -0.15) is 0 Å². The van der Waals surface area contributed by atoms with E-state index in [2.05, 4.69) is 16.8 Å². The Balaban J connectivity index is 2.73. The van der Waals surface area contributed by atoms with E-state index in [1.54, 1.807) is 13.3 Å². The molecule has 4 nitrogen and oxygen atoms in total. The summed E-state index contributed by atoms with van der Waals surface area (Å²) in [5.41, 5.74) is 1.76. The predicted octanol–water partition coefficient (Wildman–Crippen LogP) is 2.00. The van der Waals surface area contributed by atoms with E-state index >= 15 is 0 Å². The minimum atomic E-state index is -0.467. The summed E-state index contributed by atoms with van der Waals surface area (Å²) in [5.74, 6) is 0. The Labute approximate surface area is 103 Å². The molecule has 1 aromatic heterocycles. The maximum Gasteiger partial charge on any atom is 0.0957 e. The van der Waals surface area contributed by atoms with Gasteiger partial charge < -0.3 is 14.7 Å². The fraction of sp³-hybridized carbons (Fsp3) is 0.615. The highest BCUT2D eigenvalue weighted by molar-refractivity contribution is 5.44. The molecule has 0 radical (unpaired) electrons. The Morgan fingerprint density at radius 3 is 2.65 bits per heavy atom. The zero-order valence-electron chi connectivity index (χ0n) is 11.1. The van der Waals surface area contributed by atoms with Crippen LogP contribution in [0.5, 0.6) is 0 Å². The van der Waals surface area contributed by atoms with E-state index in [1.165, 1.54) is 0 Å². The van der Waals surface area contributed by atoms with Gasteiger partial charge in [0.25, 0.3) is 0 Å². The van der Waals surface area contributed by atoms with Crippen molar-refractivity contribution >= 4 is 5.69 Å². The number of aliphatic hydroxyl groups is 1. The van der Waals surface area contributed by atoms with E-state index in [4.69, 9.17) is 4.74 Å². The number of nitrogens with zero attached hydrogens (tertiary/aromatic N) is 2. The van der Waals surface area contributed by atoms with Gasteiger partial charge in [0.05, 0.1) is 30.3 Å². The number of hydrogen-bond acceptors (Lipinski definition) is 4. The van der Waals surface area contributed by atoms with Crippen molar-refractivity contribution < 1.29 is 9.84 Å². The summed E-state index contributed by atoms with van der Waals surface area (Å²) < 4.78 is 5.12. The molecule has 0 saturated carbocycles. The highest BCUT2D eigenvalue weighted by Crippen LogP contribution is 2.18. The van der Waals surface area contributed by atoms with Gasteiger partial charge in [0, 0.05) is 20.2 Å². The summed E-state index contributed by atoms with van der Waals surface area (Å²) >= 11 is 0. The van der Waals surface area contributed by atoms with Gasteiger partial charge in [0.15, 0.2) is 0 Å². The number of ether oxygens (including phenoxy) is 1. The molecular formula is C13H22N2O2. The van der Waals surface area contributed by atoms with Crippen LogP contribution in [0.3, 0.4) is 0 Å². The third-order valence-corrected chi connectivity index (χ3v) is 2.98. The van der Waals surface area contributed by atoms with Gasteiger partial charge in [-0.15, -0.1) is 0 Å². The highest BCUT2D eigenvalue weighted by Gasteiger charge is 2.11. The maximum absolute atomic E-state index is 9.66. The molecule has 0 spiro atoms. The average Bonchev–Trinajstić information content (AvgIpc) is 2.37. The molecule has 1 rings (SSSR count). The Hall–Kier alpha value is -1.13. The lowest BCUT2D eigenvalue weighted by Crippen LogP contribution is -2.32. The molecule has 2 atom stereocenters. The van der Waals surface area contributed by atoms with Gasteiger partial charge >= 0.3 is 0 Å². The fourth-order valence-corrected chi connectivity index (χ4v) is 1.62. The highest BCUT2D eigenvalue weighted by atomic mass is 16.5. The molecule has 0 aromatic carbocycles. The Bertz CT molecular complexity index is 327. The monoisotopic (exact) mass is 238 g/mol. The minimum Gasteiger partial charge on any atom is -0.387 e. The molecule has 0 amide bonds. The summed E-state index contributed by atoms with van der Waals surface area (Å²) in [7, 11) is 3.71. The third-order valence-electron chi connectivity index (χ3n) is 2.98. The number of pyridine rings is 1. The largest absolute Gasteiger partial charge is 0.387 e. The van der Waals surface area contributed by atoms with E-state index in [1.807, 2.05) is 26.1 Å². The van der Waals surface area contributed by atoms with Gasteiger partial charge in [-0.1, -0.05) is 6.92 Å². The zero-order valence-corrected chi connectivity index (χ0v) is 11.1. The zero-order chi connectivity index (χ0) is 12.8. The van der Waals surface area contributed by atoms with Gasteiger partial charge in [0.2, 0.25) is 0 Å². The van der Waals surface area contributed by atoms with Crippen LogP contribution < -0.4 is 4.90 Å². The molecule has 96 valence electrons. The van der Waals surface area contributed by atoms with Crippen LogP contribution in [0.15, 0.2) is 18.3 Å². The van der Waals surface area contributed by atoms with Gasteiger partial charge in [-0.05, 0) is 25.5 Å². The standard InChI is InChI=1S/C13H22N2O2/c1-5-13(16)12-7-6-11(8-14-12)15(3)10(2)9-17-4/h6-8,10,13,16H,5,9H2,1-4H3. The molecule has 0 aliphatic rings. The maximum atomic E-state index is 9.66. The Morgan fingerprint density at radius 2 is 2.18 bits per heavy atom. The number of methoxy groups -OCH3 is 1. The summed E-state index contributed by atoms with van der Waals surface area (Å²) in [4.78, 5) is 6.39. The molecule has 1 heterocycles. The lowest BCUT2D eigenvalue weighted by atomic mass is 10.2. The molecule has 0 fully saturated rings. The summed E-state index contributed by atoms with van der Waals surface area (Å²) in [6.45, 7) is 4.71. The SMILES string of the molecule is CCC(O)c1ccc(N(C)C(C)COC)cn1. The lowest BCUT2D eigenvalue weighted by molar-refractivity contribution is 0.169. The topological polar surface area (TPSA) is 45.6 Å². The van der Waals surface area contributed by atoms with Crippen molar-refractivity contribution in [3.8, 4) is 0 Å². The van der Waals surface area contributed by atoms with Crippen LogP contribution >= 0.6 is 0 Å². The van der Waals surface area contributed by atoms with Crippen molar-refractivity contribution in [2.45, 2.75) is 32.4 Å². The van der Waals surface area contributed by atoms with Crippen LogP contribution in [-0.4, -0.2) is 36.9 Å². The molecule has 4 heteroatoms. The normalized spacial score (nSPS) is 14.4. The second-order valence-corrected chi connectivity index (χ2v) is 4.28. The number of rotatable bonds is 6. The van der Waals surface area contributed by atoms with Crippen molar-refractivity contribution in [2.24, 2.45) is 0 Å². The van der Waals surface area contributed by atoms with Crippen LogP contribution in [0.25, 0.3) is 0 Å². The first-order valence-corrected chi connectivity index (χ1v) is 5.95. The number of aliphatic hydroxyl groups excluding tert-OH is 1. The second kappa shape index (κ2) is 6.57. The van der Waals surface area contributed by atoms with E-state index in [0.717, 1.165) is 11.4 Å². The first-order chi connectivity index (χ1) is 8.10. The lowest BCUT2D eigenvalue weighted by Gasteiger charge is -2.26. The summed E-state index contributed by atoms with van der Waals surface area (Å²) in [6, 6.07) is 4.15. The van der Waals surface area contributed by atoms with Crippen LogP contribution in [0, 0.1) is 0 Å². The van der Waals surface area contributed by atoms with Gasteiger partial charge in [-0.25, -0.2) is 0 Å². The molecule has 0 bridgehead atoms. The summed E-state index contributed by atoms with van der Waals surface area (Å²) in [6.07, 6.45) is 2.01.